The van der Waals surface area contributed by atoms with Gasteiger partial charge in [0.1, 0.15) is 0 Å². The van der Waals surface area contributed by atoms with E-state index in [9.17, 15) is 9.59 Å². The van der Waals surface area contributed by atoms with E-state index < -0.39 is 0 Å². The summed E-state index contributed by atoms with van der Waals surface area (Å²) in [5, 5.41) is 6.18. The summed E-state index contributed by atoms with van der Waals surface area (Å²) in [4.78, 5) is 26.3. The number of hydrogen-bond acceptors (Lipinski definition) is 4. The molecule has 130 valence electrons. The van der Waals surface area contributed by atoms with Crippen molar-refractivity contribution in [3.8, 4) is 0 Å². The van der Waals surface area contributed by atoms with Gasteiger partial charge >= 0.3 is 0 Å². The predicted molar refractivity (Wildman–Crippen MR) is 91.8 cm³/mol. The summed E-state index contributed by atoms with van der Waals surface area (Å²) in [7, 11) is 0. The van der Waals surface area contributed by atoms with Gasteiger partial charge in [-0.25, -0.2) is 0 Å². The Morgan fingerprint density at radius 2 is 1.92 bits per heavy atom. The maximum Gasteiger partial charge on any atom is 0.241 e. The van der Waals surface area contributed by atoms with Crippen molar-refractivity contribution in [2.75, 3.05) is 38.2 Å². The molecule has 6 heteroatoms. The molecule has 2 amide bonds. The average molecular weight is 331 g/mol. The SMILES string of the molecule is O=C(Nc1ccc(CC(=O)N2CCOCC2)cc1)C1CCCCN1. The van der Waals surface area contributed by atoms with E-state index in [1.54, 1.807) is 0 Å². The molecule has 2 fully saturated rings. The highest BCUT2D eigenvalue weighted by molar-refractivity contribution is 5.94. The molecule has 2 aliphatic rings. The van der Waals surface area contributed by atoms with Gasteiger partial charge < -0.3 is 20.3 Å². The zero-order valence-corrected chi connectivity index (χ0v) is 13.9. The Morgan fingerprint density at radius 1 is 1.17 bits per heavy atom. The second-order valence-corrected chi connectivity index (χ2v) is 6.36. The number of piperidine rings is 1. The fourth-order valence-corrected chi connectivity index (χ4v) is 3.11. The lowest BCUT2D eigenvalue weighted by atomic mass is 10.0. The topological polar surface area (TPSA) is 70.7 Å². The number of morpholine rings is 1. The fraction of sp³-hybridized carbons (Fsp3) is 0.556. The summed E-state index contributed by atoms with van der Waals surface area (Å²) in [6.07, 6.45) is 3.50. The monoisotopic (exact) mass is 331 g/mol. The second-order valence-electron chi connectivity index (χ2n) is 6.36. The Kier molecular flexibility index (Phi) is 5.82. The van der Waals surface area contributed by atoms with Crippen LogP contribution in [0.4, 0.5) is 5.69 Å². The van der Waals surface area contributed by atoms with Gasteiger partial charge in [0.05, 0.1) is 25.7 Å². The Balaban J connectivity index is 1.51. The Morgan fingerprint density at radius 3 is 2.58 bits per heavy atom. The molecule has 24 heavy (non-hydrogen) atoms. The number of nitrogens with zero attached hydrogens (tertiary/aromatic N) is 1. The summed E-state index contributed by atoms with van der Waals surface area (Å²) in [5.41, 5.74) is 1.73. The van der Waals surface area contributed by atoms with Crippen molar-refractivity contribution >= 4 is 17.5 Å². The van der Waals surface area contributed by atoms with Crippen molar-refractivity contribution in [2.45, 2.75) is 31.7 Å². The Bertz CT molecular complexity index is 510. The van der Waals surface area contributed by atoms with Crippen molar-refractivity contribution < 1.29 is 14.3 Å². The molecule has 0 saturated carbocycles. The first-order valence-electron chi connectivity index (χ1n) is 8.71. The van der Waals surface area contributed by atoms with Gasteiger partial charge in [-0.3, -0.25) is 9.59 Å². The minimum Gasteiger partial charge on any atom is -0.378 e. The Hall–Kier alpha value is -1.92. The van der Waals surface area contributed by atoms with Gasteiger partial charge in [0, 0.05) is 18.8 Å². The molecule has 2 aliphatic heterocycles. The van der Waals surface area contributed by atoms with Gasteiger partial charge in [-0.1, -0.05) is 18.6 Å². The van der Waals surface area contributed by atoms with E-state index >= 15 is 0 Å². The number of anilines is 1. The molecule has 1 aromatic rings. The molecule has 2 N–H and O–H groups in total. The molecular weight excluding hydrogens is 306 g/mol. The van der Waals surface area contributed by atoms with E-state index in [1.807, 2.05) is 29.2 Å². The zero-order chi connectivity index (χ0) is 16.8. The smallest absolute Gasteiger partial charge is 0.241 e. The Labute approximate surface area is 142 Å². The standard InChI is InChI=1S/C18H25N3O3/c22-17(21-9-11-24-12-10-21)13-14-4-6-15(7-5-14)20-18(23)16-3-1-2-8-19-16/h4-7,16,19H,1-3,8-13H2,(H,20,23). The number of ether oxygens (including phenoxy) is 1. The van der Waals surface area contributed by atoms with Crippen molar-refractivity contribution in [3.05, 3.63) is 29.8 Å². The highest BCUT2D eigenvalue weighted by Crippen LogP contribution is 2.14. The number of nitrogens with one attached hydrogen (secondary N) is 2. The summed E-state index contributed by atoms with van der Waals surface area (Å²) >= 11 is 0. The van der Waals surface area contributed by atoms with Crippen LogP contribution in [0, 0.1) is 0 Å². The number of amides is 2. The first kappa shape index (κ1) is 16.9. The van der Waals surface area contributed by atoms with Crippen molar-refractivity contribution in [1.82, 2.24) is 10.2 Å². The third kappa shape index (κ3) is 4.55. The van der Waals surface area contributed by atoms with Crippen LogP contribution in [0.1, 0.15) is 24.8 Å². The lowest BCUT2D eigenvalue weighted by Gasteiger charge is -2.26. The maximum atomic E-state index is 12.2. The maximum absolute atomic E-state index is 12.2. The third-order valence-electron chi connectivity index (χ3n) is 4.57. The van der Waals surface area contributed by atoms with Gasteiger partial charge in [-0.05, 0) is 37.1 Å². The molecule has 0 aliphatic carbocycles. The zero-order valence-electron chi connectivity index (χ0n) is 13.9. The number of carbonyl (C=O) groups excluding carboxylic acids is 2. The summed E-state index contributed by atoms with van der Waals surface area (Å²) in [6.45, 7) is 3.47. The third-order valence-corrected chi connectivity index (χ3v) is 4.57. The van der Waals surface area contributed by atoms with Crippen molar-refractivity contribution in [2.24, 2.45) is 0 Å². The molecule has 3 rings (SSSR count). The first-order valence-corrected chi connectivity index (χ1v) is 8.71. The highest BCUT2D eigenvalue weighted by Gasteiger charge is 2.20. The molecule has 0 radical (unpaired) electrons. The van der Waals surface area contributed by atoms with Crippen molar-refractivity contribution in [1.29, 1.82) is 0 Å². The van der Waals surface area contributed by atoms with E-state index in [4.69, 9.17) is 4.74 Å². The largest absolute Gasteiger partial charge is 0.378 e. The number of hydrogen-bond donors (Lipinski definition) is 2. The molecule has 2 heterocycles. The van der Waals surface area contributed by atoms with Crippen LogP contribution < -0.4 is 10.6 Å². The van der Waals surface area contributed by atoms with Crippen molar-refractivity contribution in [3.63, 3.8) is 0 Å². The van der Waals surface area contributed by atoms with Crippen LogP contribution in [0.25, 0.3) is 0 Å². The quantitative estimate of drug-likeness (QED) is 0.869. The van der Waals surface area contributed by atoms with E-state index in [2.05, 4.69) is 10.6 Å². The van der Waals surface area contributed by atoms with Crippen LogP contribution in [-0.4, -0.2) is 55.6 Å². The molecule has 6 nitrogen and oxygen atoms in total. The minimum atomic E-state index is -0.0960. The lowest BCUT2D eigenvalue weighted by Crippen LogP contribution is -2.43. The number of benzene rings is 1. The van der Waals surface area contributed by atoms with Gasteiger partial charge in [0.25, 0.3) is 0 Å². The van der Waals surface area contributed by atoms with Gasteiger partial charge in [0.15, 0.2) is 0 Å². The summed E-state index contributed by atoms with van der Waals surface area (Å²) in [6, 6.07) is 7.44. The molecule has 2 saturated heterocycles. The second kappa shape index (κ2) is 8.26. The molecular formula is C18H25N3O3. The normalized spacial score (nSPS) is 21.3. The lowest BCUT2D eigenvalue weighted by molar-refractivity contribution is -0.134. The summed E-state index contributed by atoms with van der Waals surface area (Å²) < 4.78 is 5.26. The number of rotatable bonds is 4. The van der Waals surface area contributed by atoms with Crippen LogP contribution in [-0.2, 0) is 20.7 Å². The van der Waals surface area contributed by atoms with E-state index in [0.29, 0.717) is 32.7 Å². The molecule has 1 unspecified atom stereocenters. The van der Waals surface area contributed by atoms with Crippen LogP contribution >= 0.6 is 0 Å². The van der Waals surface area contributed by atoms with Crippen LogP contribution in [0.3, 0.4) is 0 Å². The molecule has 0 aromatic heterocycles. The molecule has 0 spiro atoms. The highest BCUT2D eigenvalue weighted by atomic mass is 16.5. The van der Waals surface area contributed by atoms with Crippen LogP contribution in [0.15, 0.2) is 24.3 Å². The van der Waals surface area contributed by atoms with Crippen LogP contribution in [0.5, 0.6) is 0 Å². The predicted octanol–water partition coefficient (Wildman–Crippen LogP) is 1.17. The van der Waals surface area contributed by atoms with E-state index in [-0.39, 0.29) is 17.9 Å². The van der Waals surface area contributed by atoms with E-state index in [0.717, 1.165) is 37.1 Å². The van der Waals surface area contributed by atoms with Gasteiger partial charge in [-0.2, -0.15) is 0 Å². The minimum absolute atomic E-state index is 0.0202. The molecule has 1 atom stereocenters. The average Bonchev–Trinajstić information content (AvgIpc) is 2.65. The fourth-order valence-electron chi connectivity index (χ4n) is 3.11. The molecule has 1 aromatic carbocycles. The summed E-state index contributed by atoms with van der Waals surface area (Å²) in [5.74, 6) is 0.147. The first-order chi connectivity index (χ1) is 11.7. The molecule has 0 bridgehead atoms. The van der Waals surface area contributed by atoms with Gasteiger partial charge in [-0.15, -0.1) is 0 Å². The van der Waals surface area contributed by atoms with Crippen LogP contribution in [0.2, 0.25) is 0 Å². The number of carbonyl (C=O) groups is 2. The van der Waals surface area contributed by atoms with Gasteiger partial charge in [0.2, 0.25) is 11.8 Å². The van der Waals surface area contributed by atoms with E-state index in [1.165, 1.54) is 0 Å².